The molecule has 1 aliphatic rings. The minimum Gasteiger partial charge on any atom is -0.268 e. The predicted octanol–water partition coefficient (Wildman–Crippen LogP) is -0.232. The average Bonchev–Trinajstić information content (AvgIpc) is 2.47. The van der Waals surface area contributed by atoms with Gasteiger partial charge in [0.25, 0.3) is 11.8 Å². The highest BCUT2D eigenvalue weighted by Gasteiger charge is 2.37. The number of hydrogen-bond acceptors (Lipinski definition) is 5. The van der Waals surface area contributed by atoms with Crippen LogP contribution >= 0.6 is 0 Å². The first-order valence-electron chi connectivity index (χ1n) is 6.07. The molecule has 2 N–H and O–H groups in total. The van der Waals surface area contributed by atoms with Crippen LogP contribution in [0.1, 0.15) is 5.56 Å². The van der Waals surface area contributed by atoms with Crippen LogP contribution in [-0.4, -0.2) is 50.2 Å². The number of imide groups is 2. The van der Waals surface area contributed by atoms with E-state index in [0.29, 0.717) is 5.56 Å². The standard InChI is InChI=1S/C13H13N3O5S/c1-15-11(17)10(12(18)16(2)13(15)19)7-8-3-5-9(6-4-8)22(14,20)21/h3-7H,1-2H3,(H2,14,20,21). The van der Waals surface area contributed by atoms with Crippen molar-refractivity contribution in [3.05, 3.63) is 35.4 Å². The SMILES string of the molecule is CN1C(=O)C(=Cc2ccc(S(N)(=O)=O)cc2)C(=O)N(C)C1=O. The maximum absolute atomic E-state index is 12.0. The minimum atomic E-state index is -3.81. The fourth-order valence-corrected chi connectivity index (χ4v) is 2.41. The summed E-state index contributed by atoms with van der Waals surface area (Å²) in [4.78, 5) is 37.2. The first-order chi connectivity index (χ1) is 10.1. The van der Waals surface area contributed by atoms with E-state index in [4.69, 9.17) is 5.14 Å². The molecule has 1 heterocycles. The molecule has 2 rings (SSSR count). The second-order valence-corrected chi connectivity index (χ2v) is 6.24. The van der Waals surface area contributed by atoms with E-state index in [1.165, 1.54) is 44.4 Å². The van der Waals surface area contributed by atoms with Crippen LogP contribution < -0.4 is 5.14 Å². The van der Waals surface area contributed by atoms with E-state index in [9.17, 15) is 22.8 Å². The van der Waals surface area contributed by atoms with Crippen LogP contribution in [-0.2, 0) is 19.6 Å². The molecular formula is C13H13N3O5S. The molecule has 9 heteroatoms. The molecule has 0 saturated carbocycles. The molecule has 0 aromatic heterocycles. The summed E-state index contributed by atoms with van der Waals surface area (Å²) in [6.07, 6.45) is 1.29. The molecule has 1 aliphatic heterocycles. The van der Waals surface area contributed by atoms with Gasteiger partial charge in [0.2, 0.25) is 10.0 Å². The molecule has 4 amide bonds. The fourth-order valence-electron chi connectivity index (χ4n) is 1.90. The van der Waals surface area contributed by atoms with Crippen molar-refractivity contribution in [3.63, 3.8) is 0 Å². The van der Waals surface area contributed by atoms with Gasteiger partial charge >= 0.3 is 6.03 Å². The number of primary sulfonamides is 1. The number of carbonyl (C=O) groups is 3. The summed E-state index contributed by atoms with van der Waals surface area (Å²) < 4.78 is 22.3. The monoisotopic (exact) mass is 323 g/mol. The molecule has 0 spiro atoms. The minimum absolute atomic E-state index is 0.0830. The highest BCUT2D eigenvalue weighted by Crippen LogP contribution is 2.18. The largest absolute Gasteiger partial charge is 0.333 e. The lowest BCUT2D eigenvalue weighted by atomic mass is 10.1. The number of benzene rings is 1. The van der Waals surface area contributed by atoms with Gasteiger partial charge in [0.05, 0.1) is 4.90 Å². The molecule has 0 atom stereocenters. The van der Waals surface area contributed by atoms with Crippen LogP contribution in [0.5, 0.6) is 0 Å². The Morgan fingerprint density at radius 1 is 0.955 bits per heavy atom. The van der Waals surface area contributed by atoms with Crippen LogP contribution in [0.25, 0.3) is 6.08 Å². The third kappa shape index (κ3) is 2.76. The second-order valence-electron chi connectivity index (χ2n) is 4.68. The third-order valence-corrected chi connectivity index (χ3v) is 4.09. The molecule has 1 aromatic rings. The molecular weight excluding hydrogens is 310 g/mol. The number of rotatable bonds is 2. The highest BCUT2D eigenvalue weighted by atomic mass is 32.2. The summed E-state index contributed by atoms with van der Waals surface area (Å²) in [5.41, 5.74) is 0.244. The maximum Gasteiger partial charge on any atom is 0.333 e. The molecule has 0 unspecified atom stereocenters. The highest BCUT2D eigenvalue weighted by molar-refractivity contribution is 7.89. The number of hydrogen-bond donors (Lipinski definition) is 1. The molecule has 0 radical (unpaired) electrons. The lowest BCUT2D eigenvalue weighted by Crippen LogP contribution is -2.52. The Morgan fingerprint density at radius 2 is 1.41 bits per heavy atom. The van der Waals surface area contributed by atoms with Crippen molar-refractivity contribution >= 4 is 33.9 Å². The maximum atomic E-state index is 12.0. The van der Waals surface area contributed by atoms with Crippen LogP contribution in [0.3, 0.4) is 0 Å². The number of nitrogens with two attached hydrogens (primary N) is 1. The summed E-state index contributed by atoms with van der Waals surface area (Å²) in [5.74, 6) is -1.44. The van der Waals surface area contributed by atoms with Gasteiger partial charge in [-0.25, -0.2) is 18.4 Å². The van der Waals surface area contributed by atoms with Gasteiger partial charge in [-0.05, 0) is 23.8 Å². The lowest BCUT2D eigenvalue weighted by molar-refractivity contribution is -0.134. The zero-order valence-electron chi connectivity index (χ0n) is 11.8. The molecule has 0 bridgehead atoms. The van der Waals surface area contributed by atoms with Crippen molar-refractivity contribution in [2.75, 3.05) is 14.1 Å². The number of nitrogens with zero attached hydrogens (tertiary/aromatic N) is 2. The number of carbonyl (C=O) groups excluding carboxylic acids is 3. The van der Waals surface area contributed by atoms with Crippen molar-refractivity contribution in [1.29, 1.82) is 0 Å². The average molecular weight is 323 g/mol. The van der Waals surface area contributed by atoms with Gasteiger partial charge in [0.1, 0.15) is 5.57 Å². The quantitative estimate of drug-likeness (QED) is 0.595. The summed E-state index contributed by atoms with van der Waals surface area (Å²) in [6, 6.07) is 4.63. The second kappa shape index (κ2) is 5.35. The van der Waals surface area contributed by atoms with Crippen molar-refractivity contribution in [2.45, 2.75) is 4.90 Å². The van der Waals surface area contributed by atoms with Gasteiger partial charge in [-0.1, -0.05) is 12.1 Å². The first-order valence-corrected chi connectivity index (χ1v) is 7.62. The van der Waals surface area contributed by atoms with Crippen LogP contribution in [0.4, 0.5) is 4.79 Å². The molecule has 1 fully saturated rings. The fraction of sp³-hybridized carbons (Fsp3) is 0.154. The number of likely N-dealkylation sites (N-methyl/N-ethyl adjacent to an activating group) is 2. The van der Waals surface area contributed by atoms with Crippen LogP contribution in [0.15, 0.2) is 34.7 Å². The van der Waals surface area contributed by atoms with Gasteiger partial charge in [-0.3, -0.25) is 19.4 Å². The molecule has 1 saturated heterocycles. The lowest BCUT2D eigenvalue weighted by Gasteiger charge is -2.28. The van der Waals surface area contributed by atoms with Crippen molar-refractivity contribution in [1.82, 2.24) is 9.80 Å². The molecule has 1 aromatic carbocycles. The van der Waals surface area contributed by atoms with E-state index in [-0.39, 0.29) is 10.5 Å². The number of barbiturate groups is 1. The third-order valence-electron chi connectivity index (χ3n) is 3.16. The topological polar surface area (TPSA) is 118 Å². The van der Waals surface area contributed by atoms with E-state index in [0.717, 1.165) is 9.80 Å². The summed E-state index contributed by atoms with van der Waals surface area (Å²) in [7, 11) is -1.28. The zero-order valence-corrected chi connectivity index (χ0v) is 12.6. The number of sulfonamides is 1. The Morgan fingerprint density at radius 3 is 1.82 bits per heavy atom. The number of amides is 4. The zero-order chi connectivity index (χ0) is 16.7. The van der Waals surface area contributed by atoms with E-state index in [1.807, 2.05) is 0 Å². The van der Waals surface area contributed by atoms with E-state index in [2.05, 4.69) is 0 Å². The Hall–Kier alpha value is -2.52. The van der Waals surface area contributed by atoms with Crippen LogP contribution in [0.2, 0.25) is 0 Å². The molecule has 22 heavy (non-hydrogen) atoms. The van der Waals surface area contributed by atoms with Gasteiger partial charge < -0.3 is 0 Å². The summed E-state index contributed by atoms with van der Waals surface area (Å²) in [5, 5.41) is 4.98. The Labute approximate surface area is 126 Å². The van der Waals surface area contributed by atoms with Crippen molar-refractivity contribution in [3.8, 4) is 0 Å². The van der Waals surface area contributed by atoms with Crippen molar-refractivity contribution in [2.24, 2.45) is 5.14 Å². The van der Waals surface area contributed by atoms with E-state index < -0.39 is 27.9 Å². The van der Waals surface area contributed by atoms with Gasteiger partial charge in [-0.2, -0.15) is 0 Å². The predicted molar refractivity (Wildman–Crippen MR) is 76.7 cm³/mol. The molecule has 8 nitrogen and oxygen atoms in total. The normalized spacial score (nSPS) is 16.3. The van der Waals surface area contributed by atoms with Crippen LogP contribution in [0, 0.1) is 0 Å². The molecule has 116 valence electrons. The summed E-state index contributed by atoms with van der Waals surface area (Å²) in [6.45, 7) is 0. The van der Waals surface area contributed by atoms with Gasteiger partial charge in [0, 0.05) is 14.1 Å². The molecule has 0 aliphatic carbocycles. The Kier molecular flexibility index (Phi) is 3.86. The van der Waals surface area contributed by atoms with Gasteiger partial charge in [-0.15, -0.1) is 0 Å². The number of urea groups is 1. The van der Waals surface area contributed by atoms with E-state index in [1.54, 1.807) is 0 Å². The van der Waals surface area contributed by atoms with Crippen molar-refractivity contribution < 1.29 is 22.8 Å². The summed E-state index contributed by atoms with van der Waals surface area (Å²) >= 11 is 0. The van der Waals surface area contributed by atoms with E-state index >= 15 is 0 Å². The first kappa shape index (κ1) is 15.9. The Bertz CT molecular complexity index is 769. The smallest absolute Gasteiger partial charge is 0.268 e. The Balaban J connectivity index is 2.42. The van der Waals surface area contributed by atoms with Gasteiger partial charge in [0.15, 0.2) is 0 Å².